The number of fused-ring (bicyclic) bond motifs is 1. The predicted molar refractivity (Wildman–Crippen MR) is 122 cm³/mol. The fraction of sp³-hybridized carbons (Fsp3) is 0.545. The Balaban J connectivity index is 1.92. The van der Waals surface area contributed by atoms with E-state index in [0.29, 0.717) is 25.4 Å². The van der Waals surface area contributed by atoms with Crippen LogP contribution in [0.2, 0.25) is 0 Å². The zero-order valence-electron chi connectivity index (χ0n) is 18.7. The maximum atomic E-state index is 13.0. The number of carbonyl (C=O) groups is 1. The number of imidazole rings is 1. The summed E-state index contributed by atoms with van der Waals surface area (Å²) in [6.45, 7) is 7.82. The first-order valence-corrected chi connectivity index (χ1v) is 11.4. The number of nitrogens with zero attached hydrogens (tertiary/aromatic N) is 3. The number of benzene rings is 1. The Labute approximate surface area is 199 Å². The molecule has 0 bridgehead atoms. The van der Waals surface area contributed by atoms with Crippen LogP contribution in [0.3, 0.4) is 0 Å². The summed E-state index contributed by atoms with van der Waals surface area (Å²) in [5, 5.41) is 0. The molecule has 0 fully saturated rings. The summed E-state index contributed by atoms with van der Waals surface area (Å²) in [5.41, 5.74) is 0.272. The van der Waals surface area contributed by atoms with Gasteiger partial charge in [0, 0.05) is 6.54 Å². The third-order valence-electron chi connectivity index (χ3n) is 5.26. The predicted octanol–water partition coefficient (Wildman–Crippen LogP) is 6.00. The van der Waals surface area contributed by atoms with Gasteiger partial charge in [0.2, 0.25) is 0 Å². The molecule has 1 aliphatic rings. The van der Waals surface area contributed by atoms with E-state index >= 15 is 0 Å². The molecular weight excluding hydrogens is 538 g/mol. The number of carbonyl (C=O) groups excluding carboxylic acids is 1. The Kier molecular flexibility index (Phi) is 7.02. The van der Waals surface area contributed by atoms with Crippen LogP contribution in [0.5, 0.6) is 6.01 Å². The summed E-state index contributed by atoms with van der Waals surface area (Å²) < 4.78 is 52.4. The van der Waals surface area contributed by atoms with Crippen molar-refractivity contribution in [1.29, 1.82) is 0 Å². The molecule has 1 amide bonds. The van der Waals surface area contributed by atoms with Gasteiger partial charge in [-0.25, -0.2) is 4.79 Å². The van der Waals surface area contributed by atoms with Gasteiger partial charge in [-0.3, -0.25) is 9.47 Å². The number of alkyl halides is 3. The Morgan fingerprint density at radius 2 is 1.84 bits per heavy atom. The summed E-state index contributed by atoms with van der Waals surface area (Å²) in [4.78, 5) is 19.2. The number of halogens is 4. The molecule has 2 aromatic rings. The van der Waals surface area contributed by atoms with Crippen LogP contribution in [0.15, 0.2) is 24.3 Å². The molecule has 6 nitrogen and oxygen atoms in total. The first kappa shape index (κ1) is 24.7. The Hall–Kier alpha value is -1.98. The molecule has 0 saturated carbocycles. The average Bonchev–Trinajstić information content (AvgIpc) is 3.02. The lowest BCUT2D eigenvalue weighted by Gasteiger charge is -2.40. The molecule has 10 heteroatoms. The van der Waals surface area contributed by atoms with Crippen LogP contribution in [0.1, 0.15) is 63.0 Å². The SMILES string of the molecule is COc1nc(I)c2n1C(C)CN(C(=O)OC(C)(C)C)C2CCc1ccc(C(F)(F)F)cc1. The molecular formula is C22H27F3IN3O3. The molecule has 176 valence electrons. The first-order chi connectivity index (χ1) is 14.8. The Morgan fingerprint density at radius 1 is 1.22 bits per heavy atom. The number of aromatic nitrogens is 2. The zero-order chi connectivity index (χ0) is 23.8. The lowest BCUT2D eigenvalue weighted by atomic mass is 9.98. The minimum absolute atomic E-state index is 0.0780. The maximum Gasteiger partial charge on any atom is 0.416 e. The molecule has 2 atom stereocenters. The van der Waals surface area contributed by atoms with Crippen LogP contribution >= 0.6 is 22.6 Å². The highest BCUT2D eigenvalue weighted by Crippen LogP contribution is 2.40. The van der Waals surface area contributed by atoms with Gasteiger partial charge in [-0.2, -0.15) is 18.2 Å². The smallest absolute Gasteiger partial charge is 0.416 e. The van der Waals surface area contributed by atoms with Crippen molar-refractivity contribution in [2.24, 2.45) is 0 Å². The fourth-order valence-corrected chi connectivity index (χ4v) is 4.71. The van der Waals surface area contributed by atoms with Gasteiger partial charge in [-0.1, -0.05) is 12.1 Å². The van der Waals surface area contributed by atoms with Gasteiger partial charge in [0.15, 0.2) is 0 Å². The number of rotatable bonds is 4. The van der Waals surface area contributed by atoms with Crippen LogP contribution in [0.25, 0.3) is 0 Å². The van der Waals surface area contributed by atoms with Crippen molar-refractivity contribution in [3.05, 3.63) is 44.8 Å². The van der Waals surface area contributed by atoms with E-state index in [4.69, 9.17) is 9.47 Å². The minimum atomic E-state index is -4.37. The first-order valence-electron chi connectivity index (χ1n) is 10.3. The normalized spacial score (nSPS) is 19.0. The molecule has 1 aromatic heterocycles. The van der Waals surface area contributed by atoms with Gasteiger partial charge in [0.1, 0.15) is 9.30 Å². The van der Waals surface area contributed by atoms with E-state index in [1.165, 1.54) is 12.1 Å². The molecule has 1 aromatic carbocycles. The van der Waals surface area contributed by atoms with Crippen LogP contribution in [-0.4, -0.2) is 39.8 Å². The van der Waals surface area contributed by atoms with Crippen LogP contribution < -0.4 is 4.74 Å². The second-order valence-electron chi connectivity index (χ2n) is 8.88. The van der Waals surface area contributed by atoms with Gasteiger partial charge < -0.3 is 9.47 Å². The summed E-state index contributed by atoms with van der Waals surface area (Å²) in [5.74, 6) is 0. The van der Waals surface area contributed by atoms with Crippen molar-refractivity contribution in [1.82, 2.24) is 14.5 Å². The van der Waals surface area contributed by atoms with E-state index in [0.717, 1.165) is 27.1 Å². The lowest BCUT2D eigenvalue weighted by Crippen LogP contribution is -2.46. The second kappa shape index (κ2) is 9.11. The van der Waals surface area contributed by atoms with Crippen molar-refractivity contribution in [2.75, 3.05) is 13.7 Å². The van der Waals surface area contributed by atoms with Gasteiger partial charge in [0.05, 0.1) is 30.5 Å². The van der Waals surface area contributed by atoms with Crippen LogP contribution in [-0.2, 0) is 17.3 Å². The Morgan fingerprint density at radius 3 is 2.38 bits per heavy atom. The van der Waals surface area contributed by atoms with E-state index < -0.39 is 23.4 Å². The number of amides is 1. The van der Waals surface area contributed by atoms with Gasteiger partial charge in [-0.05, 0) is 80.8 Å². The van der Waals surface area contributed by atoms with Crippen molar-refractivity contribution < 1.29 is 27.4 Å². The number of ether oxygens (including phenoxy) is 2. The quantitative estimate of drug-likeness (QED) is 0.427. The molecule has 1 aliphatic heterocycles. The monoisotopic (exact) mass is 565 g/mol. The molecule has 0 radical (unpaired) electrons. The molecule has 0 spiro atoms. The molecule has 0 saturated heterocycles. The molecule has 2 heterocycles. The number of aryl methyl sites for hydroxylation is 1. The summed E-state index contributed by atoms with van der Waals surface area (Å²) >= 11 is 2.13. The standard InChI is InChI=1S/C22H27F3IN3O3/c1-13-12-28(20(30)32-21(2,3)4)16(17-18(26)27-19(31-5)29(13)17)11-8-14-6-9-15(10-7-14)22(23,24)25/h6-7,9-10,13,16H,8,11-12H2,1-5H3. The van der Waals surface area contributed by atoms with E-state index in [9.17, 15) is 18.0 Å². The topological polar surface area (TPSA) is 56.6 Å². The highest BCUT2D eigenvalue weighted by atomic mass is 127. The third-order valence-corrected chi connectivity index (χ3v) is 6.06. The molecule has 2 unspecified atom stereocenters. The summed E-state index contributed by atoms with van der Waals surface area (Å²) in [6.07, 6.45) is -3.81. The van der Waals surface area contributed by atoms with E-state index in [-0.39, 0.29) is 12.1 Å². The molecule has 32 heavy (non-hydrogen) atoms. The average molecular weight is 565 g/mol. The van der Waals surface area contributed by atoms with Crippen molar-refractivity contribution in [3.8, 4) is 6.01 Å². The van der Waals surface area contributed by atoms with Crippen molar-refractivity contribution in [3.63, 3.8) is 0 Å². The highest BCUT2D eigenvalue weighted by molar-refractivity contribution is 14.1. The van der Waals surface area contributed by atoms with E-state index in [2.05, 4.69) is 27.6 Å². The van der Waals surface area contributed by atoms with E-state index in [1.807, 2.05) is 32.3 Å². The summed E-state index contributed by atoms with van der Waals surface area (Å²) in [7, 11) is 1.55. The minimum Gasteiger partial charge on any atom is -0.468 e. The number of hydrogen-bond donors (Lipinski definition) is 0. The van der Waals surface area contributed by atoms with Gasteiger partial charge in [0.25, 0.3) is 6.01 Å². The molecule has 0 aliphatic carbocycles. The summed E-state index contributed by atoms with van der Waals surface area (Å²) in [6, 6.07) is 5.17. The highest BCUT2D eigenvalue weighted by Gasteiger charge is 2.40. The van der Waals surface area contributed by atoms with Crippen LogP contribution in [0, 0.1) is 3.70 Å². The lowest BCUT2D eigenvalue weighted by molar-refractivity contribution is -0.137. The Bertz CT molecular complexity index is 968. The largest absolute Gasteiger partial charge is 0.468 e. The second-order valence-corrected chi connectivity index (χ2v) is 9.90. The molecule has 0 N–H and O–H groups in total. The zero-order valence-corrected chi connectivity index (χ0v) is 20.8. The van der Waals surface area contributed by atoms with E-state index in [1.54, 1.807) is 12.0 Å². The number of methoxy groups -OCH3 is 1. The van der Waals surface area contributed by atoms with Crippen LogP contribution in [0.4, 0.5) is 18.0 Å². The van der Waals surface area contributed by atoms with Gasteiger partial charge >= 0.3 is 12.3 Å². The third kappa shape index (κ3) is 5.32. The fourth-order valence-electron chi connectivity index (χ4n) is 3.89. The van der Waals surface area contributed by atoms with Gasteiger partial charge in [-0.15, -0.1) is 0 Å². The maximum absolute atomic E-state index is 13.0. The van der Waals surface area contributed by atoms with Crippen molar-refractivity contribution >= 4 is 28.7 Å². The van der Waals surface area contributed by atoms with Crippen molar-refractivity contribution in [2.45, 2.75) is 64.4 Å². The molecule has 3 rings (SSSR count). The number of hydrogen-bond acceptors (Lipinski definition) is 4.